The maximum atomic E-state index is 12.9. The molecule has 0 aromatic heterocycles. The zero-order chi connectivity index (χ0) is 15.6. The van der Waals surface area contributed by atoms with Gasteiger partial charge in [0, 0.05) is 23.2 Å². The molecule has 1 heterocycles. The highest BCUT2D eigenvalue weighted by molar-refractivity contribution is 5.95. The van der Waals surface area contributed by atoms with Crippen molar-refractivity contribution in [1.82, 2.24) is 4.90 Å². The molecule has 4 nitrogen and oxygen atoms in total. The van der Waals surface area contributed by atoms with Crippen molar-refractivity contribution in [2.24, 2.45) is 0 Å². The van der Waals surface area contributed by atoms with Gasteiger partial charge in [0.2, 0.25) is 0 Å². The number of carbonyl (C=O) groups excluding carboxylic acids is 1. The molecule has 116 valence electrons. The molecule has 1 aliphatic heterocycles. The number of nitrogens with zero attached hydrogens (tertiary/aromatic N) is 1. The largest absolute Gasteiger partial charge is 0.496 e. The van der Waals surface area contributed by atoms with Gasteiger partial charge < -0.3 is 14.4 Å². The molecule has 21 heavy (non-hydrogen) atoms. The molecule has 0 bridgehead atoms. The van der Waals surface area contributed by atoms with Crippen molar-refractivity contribution >= 4 is 5.91 Å². The molecule has 0 spiro atoms. The molecule has 1 aliphatic rings. The van der Waals surface area contributed by atoms with E-state index in [1.54, 1.807) is 14.2 Å². The highest BCUT2D eigenvalue weighted by Gasteiger charge is 2.30. The Morgan fingerprint density at radius 1 is 1.10 bits per heavy atom. The SMILES string of the molecule is COc1cc(C(=O)N2C(C)CCCC2C)cc(OC)c1C. The summed E-state index contributed by atoms with van der Waals surface area (Å²) >= 11 is 0. The number of rotatable bonds is 3. The lowest BCUT2D eigenvalue weighted by Gasteiger charge is -2.39. The Balaban J connectivity index is 2.38. The van der Waals surface area contributed by atoms with Gasteiger partial charge in [0.25, 0.3) is 5.91 Å². The third-order valence-corrected chi connectivity index (χ3v) is 4.43. The Morgan fingerprint density at radius 2 is 1.57 bits per heavy atom. The number of ether oxygens (including phenoxy) is 2. The van der Waals surface area contributed by atoms with Gasteiger partial charge in [-0.25, -0.2) is 0 Å². The molecule has 0 aliphatic carbocycles. The predicted octanol–water partition coefficient (Wildman–Crippen LogP) is 3.42. The van der Waals surface area contributed by atoms with Crippen LogP contribution in [0, 0.1) is 6.92 Å². The zero-order valence-corrected chi connectivity index (χ0v) is 13.6. The molecule has 1 saturated heterocycles. The topological polar surface area (TPSA) is 38.8 Å². The van der Waals surface area contributed by atoms with Crippen LogP contribution in [-0.2, 0) is 0 Å². The molecule has 1 fully saturated rings. The number of carbonyl (C=O) groups is 1. The summed E-state index contributed by atoms with van der Waals surface area (Å²) in [6.07, 6.45) is 3.32. The van der Waals surface area contributed by atoms with Gasteiger partial charge >= 0.3 is 0 Å². The molecule has 2 atom stereocenters. The molecule has 0 N–H and O–H groups in total. The van der Waals surface area contributed by atoms with E-state index in [1.165, 1.54) is 6.42 Å². The second-order valence-electron chi connectivity index (χ2n) is 5.85. The molecule has 2 unspecified atom stereocenters. The van der Waals surface area contributed by atoms with Gasteiger partial charge in [-0.1, -0.05) is 0 Å². The van der Waals surface area contributed by atoms with Crippen molar-refractivity contribution in [3.05, 3.63) is 23.3 Å². The summed E-state index contributed by atoms with van der Waals surface area (Å²) in [6.45, 7) is 6.17. The number of hydrogen-bond acceptors (Lipinski definition) is 3. The van der Waals surface area contributed by atoms with Crippen molar-refractivity contribution in [2.75, 3.05) is 14.2 Å². The van der Waals surface area contributed by atoms with Crippen LogP contribution in [0.5, 0.6) is 11.5 Å². The van der Waals surface area contributed by atoms with Crippen molar-refractivity contribution in [3.63, 3.8) is 0 Å². The quantitative estimate of drug-likeness (QED) is 0.856. The Morgan fingerprint density at radius 3 is 2.00 bits per heavy atom. The van der Waals surface area contributed by atoms with Gasteiger partial charge in [-0.05, 0) is 52.2 Å². The standard InChI is InChI=1S/C17H25NO3/c1-11-7-6-8-12(2)18(11)17(19)14-9-15(20-4)13(3)16(10-14)21-5/h9-12H,6-8H2,1-5H3. The fraction of sp³-hybridized carbons (Fsp3) is 0.588. The average Bonchev–Trinajstić information content (AvgIpc) is 2.47. The van der Waals surface area contributed by atoms with Crippen molar-refractivity contribution in [1.29, 1.82) is 0 Å². The fourth-order valence-electron chi connectivity index (χ4n) is 3.18. The molecule has 0 radical (unpaired) electrons. The summed E-state index contributed by atoms with van der Waals surface area (Å²) in [7, 11) is 3.23. The molecule has 4 heteroatoms. The first kappa shape index (κ1) is 15.7. The number of piperidine rings is 1. The third kappa shape index (κ3) is 2.99. The number of amides is 1. The summed E-state index contributed by atoms with van der Waals surface area (Å²) in [5.74, 6) is 1.44. The van der Waals surface area contributed by atoms with Crippen LogP contribution in [0.2, 0.25) is 0 Å². The second-order valence-corrected chi connectivity index (χ2v) is 5.85. The number of methoxy groups -OCH3 is 2. The Bertz CT molecular complexity index is 492. The number of likely N-dealkylation sites (tertiary alicyclic amines) is 1. The predicted molar refractivity (Wildman–Crippen MR) is 83.2 cm³/mol. The first-order valence-corrected chi connectivity index (χ1v) is 7.54. The van der Waals surface area contributed by atoms with E-state index < -0.39 is 0 Å². The van der Waals surface area contributed by atoms with E-state index in [9.17, 15) is 4.79 Å². The van der Waals surface area contributed by atoms with E-state index in [1.807, 2.05) is 24.0 Å². The van der Waals surface area contributed by atoms with Crippen LogP contribution in [0.3, 0.4) is 0 Å². The van der Waals surface area contributed by atoms with Gasteiger partial charge in [-0.2, -0.15) is 0 Å². The third-order valence-electron chi connectivity index (χ3n) is 4.43. The molecule has 1 aromatic carbocycles. The minimum atomic E-state index is 0.0614. The maximum Gasteiger partial charge on any atom is 0.254 e. The summed E-state index contributed by atoms with van der Waals surface area (Å²) in [6, 6.07) is 4.18. The molecular weight excluding hydrogens is 266 g/mol. The van der Waals surface area contributed by atoms with Crippen LogP contribution in [0.25, 0.3) is 0 Å². The lowest BCUT2D eigenvalue weighted by molar-refractivity contribution is 0.0510. The molecule has 0 saturated carbocycles. The smallest absolute Gasteiger partial charge is 0.254 e. The summed E-state index contributed by atoms with van der Waals surface area (Å²) in [5.41, 5.74) is 1.55. The van der Waals surface area contributed by atoms with E-state index in [-0.39, 0.29) is 18.0 Å². The lowest BCUT2D eigenvalue weighted by atomic mass is 9.96. The fourth-order valence-corrected chi connectivity index (χ4v) is 3.18. The van der Waals surface area contributed by atoms with Crippen LogP contribution in [0.15, 0.2) is 12.1 Å². The van der Waals surface area contributed by atoms with Gasteiger partial charge in [-0.15, -0.1) is 0 Å². The second kappa shape index (κ2) is 6.37. The molecule has 1 amide bonds. The van der Waals surface area contributed by atoms with Crippen LogP contribution in [0.1, 0.15) is 49.0 Å². The normalized spacial score (nSPS) is 22.0. The number of benzene rings is 1. The monoisotopic (exact) mass is 291 g/mol. The zero-order valence-electron chi connectivity index (χ0n) is 13.6. The van der Waals surface area contributed by atoms with E-state index in [4.69, 9.17) is 9.47 Å². The Hall–Kier alpha value is -1.71. The summed E-state index contributed by atoms with van der Waals surface area (Å²) < 4.78 is 10.7. The van der Waals surface area contributed by atoms with E-state index in [2.05, 4.69) is 13.8 Å². The first-order chi connectivity index (χ1) is 9.99. The number of hydrogen-bond donors (Lipinski definition) is 0. The summed E-state index contributed by atoms with van der Waals surface area (Å²) in [5, 5.41) is 0. The van der Waals surface area contributed by atoms with Crippen molar-refractivity contribution < 1.29 is 14.3 Å². The first-order valence-electron chi connectivity index (χ1n) is 7.54. The molecular formula is C17H25NO3. The van der Waals surface area contributed by atoms with E-state index in [0.717, 1.165) is 18.4 Å². The van der Waals surface area contributed by atoms with E-state index >= 15 is 0 Å². The molecule has 1 aromatic rings. The Kier molecular flexibility index (Phi) is 4.76. The van der Waals surface area contributed by atoms with Crippen LogP contribution >= 0.6 is 0 Å². The van der Waals surface area contributed by atoms with Crippen LogP contribution in [-0.4, -0.2) is 37.1 Å². The van der Waals surface area contributed by atoms with Crippen molar-refractivity contribution in [2.45, 2.75) is 52.1 Å². The minimum absolute atomic E-state index is 0.0614. The van der Waals surface area contributed by atoms with Crippen LogP contribution < -0.4 is 9.47 Å². The lowest BCUT2D eigenvalue weighted by Crippen LogP contribution is -2.47. The van der Waals surface area contributed by atoms with E-state index in [0.29, 0.717) is 17.1 Å². The highest BCUT2D eigenvalue weighted by atomic mass is 16.5. The van der Waals surface area contributed by atoms with Gasteiger partial charge in [0.15, 0.2) is 0 Å². The average molecular weight is 291 g/mol. The Labute approximate surface area is 127 Å². The highest BCUT2D eigenvalue weighted by Crippen LogP contribution is 2.32. The summed E-state index contributed by atoms with van der Waals surface area (Å²) in [4.78, 5) is 14.9. The maximum absolute atomic E-state index is 12.9. The van der Waals surface area contributed by atoms with Gasteiger partial charge in [0.05, 0.1) is 14.2 Å². The van der Waals surface area contributed by atoms with Gasteiger partial charge in [0.1, 0.15) is 11.5 Å². The minimum Gasteiger partial charge on any atom is -0.496 e. The molecule has 2 rings (SSSR count). The van der Waals surface area contributed by atoms with Crippen molar-refractivity contribution in [3.8, 4) is 11.5 Å². The van der Waals surface area contributed by atoms with Gasteiger partial charge in [-0.3, -0.25) is 4.79 Å². The van der Waals surface area contributed by atoms with Crippen LogP contribution in [0.4, 0.5) is 0 Å².